The standard InChI is InChI=1S/C19H20N2O3/c1-24-17-9-5-14(6-10-17)18-19(15-3-7-16(23)8-4-15)21(13-20-18)11-2-12-22/h3-10,13,22-23H,2,11-12H2,1H3. The maximum Gasteiger partial charge on any atom is 0.118 e. The predicted molar refractivity (Wildman–Crippen MR) is 93.0 cm³/mol. The van der Waals surface area contributed by atoms with Gasteiger partial charge in [0.15, 0.2) is 0 Å². The molecule has 0 amide bonds. The van der Waals surface area contributed by atoms with Crippen molar-refractivity contribution in [2.24, 2.45) is 0 Å². The first-order valence-electron chi connectivity index (χ1n) is 7.82. The van der Waals surface area contributed by atoms with Crippen molar-refractivity contribution in [3.05, 3.63) is 54.9 Å². The van der Waals surface area contributed by atoms with Crippen molar-refractivity contribution in [2.45, 2.75) is 13.0 Å². The monoisotopic (exact) mass is 324 g/mol. The quantitative estimate of drug-likeness (QED) is 0.730. The average Bonchev–Trinajstić information content (AvgIpc) is 3.04. The number of imidazole rings is 1. The van der Waals surface area contributed by atoms with Crippen LogP contribution in [0.25, 0.3) is 22.5 Å². The number of aliphatic hydroxyl groups excluding tert-OH is 1. The van der Waals surface area contributed by atoms with E-state index in [1.54, 1.807) is 25.6 Å². The van der Waals surface area contributed by atoms with Crippen molar-refractivity contribution in [3.63, 3.8) is 0 Å². The summed E-state index contributed by atoms with van der Waals surface area (Å²) in [5.41, 5.74) is 3.78. The van der Waals surface area contributed by atoms with E-state index in [0.717, 1.165) is 28.3 Å². The van der Waals surface area contributed by atoms with Crippen molar-refractivity contribution in [1.82, 2.24) is 9.55 Å². The molecule has 124 valence electrons. The highest BCUT2D eigenvalue weighted by Crippen LogP contribution is 2.33. The number of methoxy groups -OCH3 is 1. The molecule has 24 heavy (non-hydrogen) atoms. The number of rotatable bonds is 6. The third-order valence-corrected chi connectivity index (χ3v) is 3.90. The molecular formula is C19H20N2O3. The van der Waals surface area contributed by atoms with Crippen molar-refractivity contribution < 1.29 is 14.9 Å². The maximum absolute atomic E-state index is 9.54. The van der Waals surface area contributed by atoms with Crippen LogP contribution in [0.4, 0.5) is 0 Å². The van der Waals surface area contributed by atoms with Gasteiger partial charge in [0.1, 0.15) is 11.5 Å². The highest BCUT2D eigenvalue weighted by molar-refractivity contribution is 5.79. The Kier molecular flexibility index (Phi) is 4.82. The smallest absolute Gasteiger partial charge is 0.118 e. The number of aromatic hydroxyl groups is 1. The molecule has 0 atom stereocenters. The lowest BCUT2D eigenvalue weighted by atomic mass is 10.0. The van der Waals surface area contributed by atoms with Crippen LogP contribution >= 0.6 is 0 Å². The van der Waals surface area contributed by atoms with Crippen LogP contribution in [0.15, 0.2) is 54.9 Å². The van der Waals surface area contributed by atoms with E-state index in [2.05, 4.69) is 4.98 Å². The molecule has 3 aromatic rings. The molecule has 1 aromatic heterocycles. The van der Waals surface area contributed by atoms with Crippen molar-refractivity contribution >= 4 is 0 Å². The molecule has 0 fully saturated rings. The number of ether oxygens (including phenoxy) is 1. The van der Waals surface area contributed by atoms with Gasteiger partial charge in [0.25, 0.3) is 0 Å². The summed E-state index contributed by atoms with van der Waals surface area (Å²) in [6.45, 7) is 0.806. The highest BCUT2D eigenvalue weighted by Gasteiger charge is 2.15. The number of nitrogens with zero attached hydrogens (tertiary/aromatic N) is 2. The zero-order valence-electron chi connectivity index (χ0n) is 13.5. The molecule has 5 nitrogen and oxygen atoms in total. The summed E-state index contributed by atoms with van der Waals surface area (Å²) in [5.74, 6) is 1.02. The Hall–Kier alpha value is -2.79. The van der Waals surface area contributed by atoms with Crippen molar-refractivity contribution in [2.75, 3.05) is 13.7 Å². The van der Waals surface area contributed by atoms with Gasteiger partial charge in [-0.3, -0.25) is 0 Å². The molecule has 0 saturated carbocycles. The van der Waals surface area contributed by atoms with Crippen LogP contribution in [0.5, 0.6) is 11.5 Å². The normalized spacial score (nSPS) is 10.8. The summed E-state index contributed by atoms with van der Waals surface area (Å²) in [7, 11) is 1.64. The third-order valence-electron chi connectivity index (χ3n) is 3.90. The summed E-state index contributed by atoms with van der Waals surface area (Å²) in [6.07, 6.45) is 2.45. The first kappa shape index (κ1) is 16.1. The molecule has 2 N–H and O–H groups in total. The topological polar surface area (TPSA) is 67.5 Å². The lowest BCUT2D eigenvalue weighted by Gasteiger charge is -2.11. The van der Waals surface area contributed by atoms with Crippen LogP contribution < -0.4 is 4.74 Å². The SMILES string of the molecule is COc1ccc(-c2ncn(CCCO)c2-c2ccc(O)cc2)cc1. The summed E-state index contributed by atoms with van der Waals surface area (Å²) in [4.78, 5) is 4.57. The largest absolute Gasteiger partial charge is 0.508 e. The molecule has 0 radical (unpaired) electrons. The minimum absolute atomic E-state index is 0.130. The molecule has 0 aliphatic heterocycles. The first-order chi connectivity index (χ1) is 11.7. The van der Waals surface area contributed by atoms with Crippen molar-refractivity contribution in [1.29, 1.82) is 0 Å². The number of phenols is 1. The van der Waals surface area contributed by atoms with E-state index in [1.807, 2.05) is 41.0 Å². The van der Waals surface area contributed by atoms with Gasteiger partial charge in [0.05, 0.1) is 24.8 Å². The van der Waals surface area contributed by atoms with Crippen molar-refractivity contribution in [3.8, 4) is 34.0 Å². The highest BCUT2D eigenvalue weighted by atomic mass is 16.5. The van der Waals surface area contributed by atoms with E-state index in [0.29, 0.717) is 13.0 Å². The van der Waals surface area contributed by atoms with Gasteiger partial charge in [0.2, 0.25) is 0 Å². The molecule has 0 bridgehead atoms. The summed E-state index contributed by atoms with van der Waals surface area (Å²) in [5, 5.41) is 18.7. The predicted octanol–water partition coefficient (Wildman–Crippen LogP) is 3.31. The first-order valence-corrected chi connectivity index (χ1v) is 7.82. The van der Waals surface area contributed by atoms with Gasteiger partial charge < -0.3 is 19.5 Å². The molecule has 3 rings (SSSR count). The number of benzene rings is 2. The molecule has 1 heterocycles. The lowest BCUT2D eigenvalue weighted by Crippen LogP contribution is -2.01. The minimum Gasteiger partial charge on any atom is -0.508 e. The molecule has 0 aliphatic rings. The number of aliphatic hydroxyl groups is 1. The summed E-state index contributed by atoms with van der Waals surface area (Å²) < 4.78 is 7.24. The van der Waals surface area contributed by atoms with Crippen LogP contribution in [-0.4, -0.2) is 33.5 Å². The summed E-state index contributed by atoms with van der Waals surface area (Å²) >= 11 is 0. The molecule has 0 aliphatic carbocycles. The van der Waals surface area contributed by atoms with Gasteiger partial charge in [-0.15, -0.1) is 0 Å². The zero-order chi connectivity index (χ0) is 16.9. The van der Waals surface area contributed by atoms with Gasteiger partial charge in [-0.05, 0) is 55.0 Å². The number of aryl methyl sites for hydroxylation is 1. The van der Waals surface area contributed by atoms with Gasteiger partial charge in [-0.2, -0.15) is 0 Å². The Balaban J connectivity index is 2.07. The second kappa shape index (κ2) is 7.19. The molecule has 5 heteroatoms. The number of hydrogen-bond acceptors (Lipinski definition) is 4. The van der Waals surface area contributed by atoms with E-state index in [9.17, 15) is 5.11 Å². The number of hydrogen-bond donors (Lipinski definition) is 2. The fourth-order valence-corrected chi connectivity index (χ4v) is 2.67. The summed E-state index contributed by atoms with van der Waals surface area (Å²) in [6, 6.07) is 14.8. The maximum atomic E-state index is 9.54. The van der Waals surface area contributed by atoms with E-state index >= 15 is 0 Å². The minimum atomic E-state index is 0.130. The Labute approximate surface area is 140 Å². The van der Waals surface area contributed by atoms with Crippen LogP contribution in [0.2, 0.25) is 0 Å². The Morgan fingerprint density at radius 1 is 1.00 bits per heavy atom. The molecule has 0 spiro atoms. The van der Waals surface area contributed by atoms with Gasteiger partial charge in [-0.25, -0.2) is 4.98 Å². The third kappa shape index (κ3) is 3.26. The second-order valence-corrected chi connectivity index (χ2v) is 5.49. The van der Waals surface area contributed by atoms with E-state index in [-0.39, 0.29) is 12.4 Å². The average molecular weight is 324 g/mol. The van der Waals surface area contributed by atoms with E-state index < -0.39 is 0 Å². The second-order valence-electron chi connectivity index (χ2n) is 5.49. The van der Waals surface area contributed by atoms with Crippen LogP contribution in [-0.2, 0) is 6.54 Å². The number of phenolic OH excluding ortho intramolecular Hbond substituents is 1. The van der Waals surface area contributed by atoms with E-state index in [4.69, 9.17) is 9.84 Å². The number of aromatic nitrogens is 2. The fourth-order valence-electron chi connectivity index (χ4n) is 2.67. The van der Waals surface area contributed by atoms with Gasteiger partial charge in [0, 0.05) is 24.3 Å². The Morgan fingerprint density at radius 2 is 1.67 bits per heavy atom. The zero-order valence-corrected chi connectivity index (χ0v) is 13.5. The van der Waals surface area contributed by atoms with Gasteiger partial charge >= 0.3 is 0 Å². The molecule has 2 aromatic carbocycles. The Morgan fingerprint density at radius 3 is 2.29 bits per heavy atom. The van der Waals surface area contributed by atoms with Crippen LogP contribution in [0, 0.1) is 0 Å². The fraction of sp³-hybridized carbons (Fsp3) is 0.211. The van der Waals surface area contributed by atoms with Crippen LogP contribution in [0.1, 0.15) is 6.42 Å². The Bertz CT molecular complexity index is 792. The molecule has 0 unspecified atom stereocenters. The van der Waals surface area contributed by atoms with E-state index in [1.165, 1.54) is 0 Å². The molecule has 0 saturated heterocycles. The molecular weight excluding hydrogens is 304 g/mol. The lowest BCUT2D eigenvalue weighted by molar-refractivity contribution is 0.280. The van der Waals surface area contributed by atoms with Gasteiger partial charge in [-0.1, -0.05) is 0 Å². The van der Waals surface area contributed by atoms with Crippen LogP contribution in [0.3, 0.4) is 0 Å².